The van der Waals surface area contributed by atoms with Crippen LogP contribution in [0.15, 0.2) is 76.5 Å². The summed E-state index contributed by atoms with van der Waals surface area (Å²) in [5.41, 5.74) is 2.13. The number of hydrogen-bond donors (Lipinski definition) is 1. The molecule has 34 heavy (non-hydrogen) atoms. The van der Waals surface area contributed by atoms with Crippen LogP contribution in [0.5, 0.6) is 5.75 Å². The minimum absolute atomic E-state index is 0.156. The Morgan fingerprint density at radius 1 is 1.32 bits per heavy atom. The molecule has 4 aromatic rings. The van der Waals surface area contributed by atoms with E-state index in [9.17, 15) is 9.59 Å². The first kappa shape index (κ1) is 24.1. The highest BCUT2D eigenvalue weighted by Gasteiger charge is 2.22. The van der Waals surface area contributed by atoms with Gasteiger partial charge in [-0.05, 0) is 30.7 Å². The molecule has 2 heterocycles. The van der Waals surface area contributed by atoms with Gasteiger partial charge in [0.25, 0.3) is 5.56 Å². The largest absolute Gasteiger partial charge is 0.495 e. The number of thioether (sulfide) groups is 1. The number of nitrogens with one attached hydrogen (secondary N) is 1. The maximum Gasteiger partial charge on any atom is 0.263 e. The normalized spacial score (nSPS) is 11.9. The molecule has 0 saturated heterocycles. The third kappa shape index (κ3) is 4.89. The number of aromatic nitrogens is 2. The number of hydrogen-bond acceptors (Lipinski definition) is 6. The number of thiophene rings is 1. The number of ether oxygens (including phenoxy) is 1. The molecular formula is C25H22ClN3O3S2. The standard InChI is InChI=1S/C25H22ClN3O3S2/c1-4-12-29-24(31)21-18(16-8-6-5-7-9-16)14-33-23(21)28-25(29)34-15(2)22(30)27-19-13-17(26)10-11-20(19)32-3/h4-11,13-15H,1,12H2,2-3H3,(H,27,30). The number of nitrogens with zero attached hydrogens (tertiary/aromatic N) is 2. The highest BCUT2D eigenvalue weighted by Crippen LogP contribution is 2.33. The van der Waals surface area contributed by atoms with Crippen molar-refractivity contribution in [1.82, 2.24) is 9.55 Å². The van der Waals surface area contributed by atoms with Crippen molar-refractivity contribution in [3.63, 3.8) is 0 Å². The van der Waals surface area contributed by atoms with E-state index in [0.717, 1.165) is 11.1 Å². The first-order chi connectivity index (χ1) is 16.4. The lowest BCUT2D eigenvalue weighted by Crippen LogP contribution is -2.26. The quantitative estimate of drug-likeness (QED) is 0.176. The van der Waals surface area contributed by atoms with Crippen LogP contribution in [0.25, 0.3) is 21.3 Å². The molecule has 6 nitrogen and oxygen atoms in total. The van der Waals surface area contributed by atoms with E-state index in [4.69, 9.17) is 21.3 Å². The van der Waals surface area contributed by atoms with Gasteiger partial charge in [0.2, 0.25) is 5.91 Å². The number of carbonyl (C=O) groups excluding carboxylic acids is 1. The van der Waals surface area contributed by atoms with E-state index >= 15 is 0 Å². The van der Waals surface area contributed by atoms with Crippen LogP contribution in [0, 0.1) is 0 Å². The molecule has 0 spiro atoms. The predicted octanol–water partition coefficient (Wildman–Crippen LogP) is 6.09. The second-order valence-corrected chi connectivity index (χ2v) is 9.99. The number of halogens is 1. The van der Waals surface area contributed by atoms with E-state index in [1.165, 1.54) is 30.2 Å². The second-order valence-electron chi connectivity index (χ2n) is 7.39. The maximum atomic E-state index is 13.5. The molecule has 1 unspecified atom stereocenters. The third-order valence-electron chi connectivity index (χ3n) is 5.13. The van der Waals surface area contributed by atoms with Gasteiger partial charge in [-0.2, -0.15) is 0 Å². The zero-order chi connectivity index (χ0) is 24.2. The molecular weight excluding hydrogens is 490 g/mol. The molecule has 2 aromatic carbocycles. The maximum absolute atomic E-state index is 13.5. The average Bonchev–Trinajstić information content (AvgIpc) is 3.26. The molecule has 1 amide bonds. The second kappa shape index (κ2) is 10.5. The van der Waals surface area contributed by atoms with Crippen LogP contribution >= 0.6 is 34.7 Å². The number of rotatable bonds is 8. The Morgan fingerprint density at radius 3 is 2.79 bits per heavy atom. The van der Waals surface area contributed by atoms with Crippen molar-refractivity contribution >= 4 is 56.5 Å². The SMILES string of the molecule is C=CCn1c(SC(C)C(=O)Nc2cc(Cl)ccc2OC)nc2scc(-c3ccccc3)c2c1=O. The van der Waals surface area contributed by atoms with E-state index in [0.29, 0.717) is 31.8 Å². The van der Waals surface area contributed by atoms with Crippen molar-refractivity contribution in [3.05, 3.63) is 81.9 Å². The molecule has 0 radical (unpaired) electrons. The van der Waals surface area contributed by atoms with Crippen LogP contribution in [0.2, 0.25) is 5.02 Å². The third-order valence-corrected chi connectivity index (χ3v) is 7.32. The van der Waals surface area contributed by atoms with Crippen molar-refractivity contribution in [3.8, 4) is 16.9 Å². The predicted molar refractivity (Wildman–Crippen MR) is 141 cm³/mol. The molecule has 2 aromatic heterocycles. The highest BCUT2D eigenvalue weighted by atomic mass is 35.5. The summed E-state index contributed by atoms with van der Waals surface area (Å²) in [6.45, 7) is 5.83. The van der Waals surface area contributed by atoms with Crippen LogP contribution in [0.1, 0.15) is 6.92 Å². The number of anilines is 1. The summed E-state index contributed by atoms with van der Waals surface area (Å²) in [5, 5.41) is 5.76. The number of benzene rings is 2. The van der Waals surface area contributed by atoms with Crippen molar-refractivity contribution in [1.29, 1.82) is 0 Å². The number of amides is 1. The van der Waals surface area contributed by atoms with Crippen molar-refractivity contribution in [2.24, 2.45) is 0 Å². The Bertz CT molecular complexity index is 1420. The van der Waals surface area contributed by atoms with Crippen molar-refractivity contribution in [2.75, 3.05) is 12.4 Å². The van der Waals surface area contributed by atoms with E-state index in [1.54, 1.807) is 35.8 Å². The molecule has 1 N–H and O–H groups in total. The van der Waals surface area contributed by atoms with Crippen LogP contribution < -0.4 is 15.6 Å². The smallest absolute Gasteiger partial charge is 0.263 e. The van der Waals surface area contributed by atoms with Crippen LogP contribution in [0.4, 0.5) is 5.69 Å². The molecule has 0 bridgehead atoms. The molecule has 0 aliphatic heterocycles. The fraction of sp³-hybridized carbons (Fsp3) is 0.160. The number of fused-ring (bicyclic) bond motifs is 1. The van der Waals surface area contributed by atoms with Gasteiger partial charge in [-0.1, -0.05) is 59.8 Å². The molecule has 9 heteroatoms. The lowest BCUT2D eigenvalue weighted by atomic mass is 10.1. The highest BCUT2D eigenvalue weighted by molar-refractivity contribution is 8.00. The molecule has 0 aliphatic rings. The average molecular weight is 512 g/mol. The monoisotopic (exact) mass is 511 g/mol. The summed E-state index contributed by atoms with van der Waals surface area (Å²) in [7, 11) is 1.52. The molecule has 174 valence electrons. The van der Waals surface area contributed by atoms with Crippen molar-refractivity contribution < 1.29 is 9.53 Å². The van der Waals surface area contributed by atoms with E-state index < -0.39 is 5.25 Å². The zero-order valence-electron chi connectivity index (χ0n) is 18.6. The summed E-state index contributed by atoms with van der Waals surface area (Å²) < 4.78 is 6.86. The van der Waals surface area contributed by atoms with E-state index in [1.807, 2.05) is 35.7 Å². The fourth-order valence-corrected chi connectivity index (χ4v) is 5.52. The van der Waals surface area contributed by atoms with Crippen LogP contribution in [-0.2, 0) is 11.3 Å². The minimum atomic E-state index is -0.544. The Morgan fingerprint density at radius 2 is 2.09 bits per heavy atom. The van der Waals surface area contributed by atoms with Crippen LogP contribution in [-0.4, -0.2) is 27.8 Å². The Balaban J connectivity index is 1.67. The van der Waals surface area contributed by atoms with Gasteiger partial charge in [0.05, 0.1) is 23.4 Å². The van der Waals surface area contributed by atoms with Gasteiger partial charge >= 0.3 is 0 Å². The van der Waals surface area contributed by atoms with Gasteiger partial charge in [0.1, 0.15) is 10.6 Å². The summed E-state index contributed by atoms with van der Waals surface area (Å²) in [4.78, 5) is 31.8. The fourth-order valence-electron chi connectivity index (χ4n) is 3.44. The van der Waals surface area contributed by atoms with Gasteiger partial charge in [-0.15, -0.1) is 17.9 Å². The first-order valence-corrected chi connectivity index (χ1v) is 12.6. The summed E-state index contributed by atoms with van der Waals surface area (Å²) in [6.07, 6.45) is 1.65. The molecule has 0 fully saturated rings. The zero-order valence-corrected chi connectivity index (χ0v) is 21.0. The Hall–Kier alpha value is -3.07. The Kier molecular flexibility index (Phi) is 7.41. The minimum Gasteiger partial charge on any atom is -0.495 e. The van der Waals surface area contributed by atoms with Gasteiger partial charge in [0, 0.05) is 22.5 Å². The number of methoxy groups -OCH3 is 1. The Labute approximate surface area is 210 Å². The molecule has 4 rings (SSSR count). The summed E-state index contributed by atoms with van der Waals surface area (Å²) in [5.74, 6) is 0.242. The summed E-state index contributed by atoms with van der Waals surface area (Å²) in [6, 6.07) is 14.8. The van der Waals surface area contributed by atoms with E-state index in [2.05, 4.69) is 11.9 Å². The lowest BCUT2D eigenvalue weighted by Gasteiger charge is -2.16. The van der Waals surface area contributed by atoms with Crippen LogP contribution in [0.3, 0.4) is 0 Å². The molecule has 0 saturated carbocycles. The van der Waals surface area contributed by atoms with Gasteiger partial charge in [-0.25, -0.2) is 4.98 Å². The van der Waals surface area contributed by atoms with Gasteiger partial charge in [-0.3, -0.25) is 14.2 Å². The van der Waals surface area contributed by atoms with Gasteiger partial charge in [0.15, 0.2) is 5.16 Å². The lowest BCUT2D eigenvalue weighted by molar-refractivity contribution is -0.115. The topological polar surface area (TPSA) is 73.2 Å². The van der Waals surface area contributed by atoms with Gasteiger partial charge < -0.3 is 10.1 Å². The number of carbonyl (C=O) groups is 1. The molecule has 1 atom stereocenters. The molecule has 0 aliphatic carbocycles. The first-order valence-electron chi connectivity index (χ1n) is 10.4. The summed E-state index contributed by atoms with van der Waals surface area (Å²) >= 11 is 8.70. The van der Waals surface area contributed by atoms with E-state index in [-0.39, 0.29) is 18.0 Å². The van der Waals surface area contributed by atoms with Crippen molar-refractivity contribution in [2.45, 2.75) is 23.9 Å². The number of allylic oxidation sites excluding steroid dienone is 1.